The molecule has 1 aromatic carbocycles. The van der Waals surface area contributed by atoms with E-state index in [4.69, 9.17) is 5.11 Å². The van der Waals surface area contributed by atoms with Crippen molar-refractivity contribution in [1.29, 1.82) is 0 Å². The molecule has 1 atom stereocenters. The fourth-order valence-electron chi connectivity index (χ4n) is 1.87. The summed E-state index contributed by atoms with van der Waals surface area (Å²) < 4.78 is 1.95. The molecule has 1 N–H and O–H groups in total. The van der Waals surface area contributed by atoms with Crippen molar-refractivity contribution in [2.45, 2.75) is 13.3 Å². The van der Waals surface area contributed by atoms with Crippen molar-refractivity contribution in [3.8, 4) is 11.4 Å². The van der Waals surface area contributed by atoms with E-state index in [1.807, 2.05) is 42.1 Å². The Morgan fingerprint density at radius 3 is 2.56 bits per heavy atom. The molecule has 0 radical (unpaired) electrons. The third-order valence-electron chi connectivity index (χ3n) is 3.00. The first-order chi connectivity index (χ1) is 8.58. The van der Waals surface area contributed by atoms with Crippen LogP contribution in [0.3, 0.4) is 0 Å². The van der Waals surface area contributed by atoms with Crippen LogP contribution in [0.4, 0.5) is 0 Å². The summed E-state index contributed by atoms with van der Waals surface area (Å²) in [7, 11) is 1.95. The maximum absolute atomic E-state index is 10.8. The van der Waals surface area contributed by atoms with Crippen molar-refractivity contribution in [1.82, 2.24) is 9.55 Å². The molecule has 4 heteroatoms. The number of aliphatic carboxylic acids is 1. The Labute approximate surface area is 106 Å². The Hall–Kier alpha value is -2.10. The fraction of sp³-hybridized carbons (Fsp3) is 0.286. The fourth-order valence-corrected chi connectivity index (χ4v) is 1.87. The molecule has 0 spiro atoms. The second-order valence-corrected chi connectivity index (χ2v) is 4.50. The summed E-state index contributed by atoms with van der Waals surface area (Å²) in [5.41, 5.74) is 2.07. The summed E-state index contributed by atoms with van der Waals surface area (Å²) in [6.07, 6.45) is 4.21. The van der Waals surface area contributed by atoms with E-state index in [-0.39, 0.29) is 5.92 Å². The number of imidazole rings is 1. The van der Waals surface area contributed by atoms with Crippen LogP contribution in [0.2, 0.25) is 0 Å². The highest BCUT2D eigenvalue weighted by Crippen LogP contribution is 2.18. The van der Waals surface area contributed by atoms with Crippen LogP contribution in [-0.2, 0) is 18.3 Å². The van der Waals surface area contributed by atoms with E-state index in [9.17, 15) is 4.79 Å². The lowest BCUT2D eigenvalue weighted by molar-refractivity contribution is -0.141. The van der Waals surface area contributed by atoms with E-state index >= 15 is 0 Å². The smallest absolute Gasteiger partial charge is 0.306 e. The summed E-state index contributed by atoms with van der Waals surface area (Å²) in [5.74, 6) is -0.208. The summed E-state index contributed by atoms with van der Waals surface area (Å²) >= 11 is 0. The van der Waals surface area contributed by atoms with Gasteiger partial charge in [0.25, 0.3) is 0 Å². The molecule has 0 saturated heterocycles. The van der Waals surface area contributed by atoms with Crippen molar-refractivity contribution >= 4 is 5.97 Å². The van der Waals surface area contributed by atoms with Gasteiger partial charge in [-0.05, 0) is 12.0 Å². The first kappa shape index (κ1) is 12.4. The normalized spacial score (nSPS) is 12.3. The lowest BCUT2D eigenvalue weighted by Gasteiger charge is -2.07. The lowest BCUT2D eigenvalue weighted by Crippen LogP contribution is -2.12. The van der Waals surface area contributed by atoms with Gasteiger partial charge in [-0.2, -0.15) is 0 Å². The number of carboxylic acids is 1. The van der Waals surface area contributed by atoms with Gasteiger partial charge in [0.1, 0.15) is 5.82 Å². The molecule has 2 rings (SSSR count). The molecule has 2 aromatic rings. The second-order valence-electron chi connectivity index (χ2n) is 4.50. The van der Waals surface area contributed by atoms with Crippen molar-refractivity contribution in [2.75, 3.05) is 0 Å². The number of aromatic nitrogens is 2. The number of nitrogens with zero attached hydrogens (tertiary/aromatic N) is 2. The van der Waals surface area contributed by atoms with Crippen molar-refractivity contribution in [2.24, 2.45) is 13.0 Å². The van der Waals surface area contributed by atoms with E-state index in [2.05, 4.69) is 4.98 Å². The SMILES string of the molecule is CC(Cc1ccc(-c2nccn2C)cc1)C(=O)O. The van der Waals surface area contributed by atoms with Crippen molar-refractivity contribution < 1.29 is 9.90 Å². The molecule has 0 fully saturated rings. The third-order valence-corrected chi connectivity index (χ3v) is 3.00. The van der Waals surface area contributed by atoms with Crippen LogP contribution in [0.15, 0.2) is 36.7 Å². The van der Waals surface area contributed by atoms with Crippen LogP contribution in [-0.4, -0.2) is 20.6 Å². The second kappa shape index (κ2) is 5.04. The van der Waals surface area contributed by atoms with Crippen LogP contribution in [0.5, 0.6) is 0 Å². The molecule has 0 bridgehead atoms. The monoisotopic (exact) mass is 244 g/mol. The van der Waals surface area contributed by atoms with Crippen molar-refractivity contribution in [3.63, 3.8) is 0 Å². The minimum Gasteiger partial charge on any atom is -0.481 e. The summed E-state index contributed by atoms with van der Waals surface area (Å²) in [4.78, 5) is 15.1. The molecule has 0 aliphatic carbocycles. The van der Waals surface area contributed by atoms with E-state index in [1.165, 1.54) is 0 Å². The zero-order valence-electron chi connectivity index (χ0n) is 10.5. The van der Waals surface area contributed by atoms with E-state index in [0.717, 1.165) is 17.0 Å². The van der Waals surface area contributed by atoms with Gasteiger partial charge in [-0.1, -0.05) is 31.2 Å². The zero-order chi connectivity index (χ0) is 13.1. The van der Waals surface area contributed by atoms with Crippen LogP contribution in [0.25, 0.3) is 11.4 Å². The van der Waals surface area contributed by atoms with Gasteiger partial charge >= 0.3 is 5.97 Å². The topological polar surface area (TPSA) is 55.1 Å². The number of carbonyl (C=O) groups is 1. The Morgan fingerprint density at radius 1 is 1.39 bits per heavy atom. The molecule has 0 amide bonds. The average Bonchev–Trinajstić information content (AvgIpc) is 2.76. The molecule has 0 saturated carbocycles. The lowest BCUT2D eigenvalue weighted by atomic mass is 10.0. The number of benzene rings is 1. The maximum atomic E-state index is 10.8. The zero-order valence-corrected chi connectivity index (χ0v) is 10.5. The van der Waals surface area contributed by atoms with Crippen LogP contribution in [0, 0.1) is 5.92 Å². The quantitative estimate of drug-likeness (QED) is 0.898. The van der Waals surface area contributed by atoms with Crippen LogP contribution >= 0.6 is 0 Å². The molecule has 4 nitrogen and oxygen atoms in total. The molecule has 18 heavy (non-hydrogen) atoms. The third kappa shape index (κ3) is 2.59. The first-order valence-corrected chi connectivity index (χ1v) is 5.87. The van der Waals surface area contributed by atoms with Gasteiger partial charge in [-0.3, -0.25) is 4.79 Å². The maximum Gasteiger partial charge on any atom is 0.306 e. The van der Waals surface area contributed by atoms with Crippen LogP contribution < -0.4 is 0 Å². The summed E-state index contributed by atoms with van der Waals surface area (Å²) in [6, 6.07) is 7.88. The summed E-state index contributed by atoms with van der Waals surface area (Å²) in [5, 5.41) is 8.87. The van der Waals surface area contributed by atoms with Gasteiger partial charge < -0.3 is 9.67 Å². The number of hydrogen-bond donors (Lipinski definition) is 1. The Bertz CT molecular complexity index is 543. The highest BCUT2D eigenvalue weighted by atomic mass is 16.4. The van der Waals surface area contributed by atoms with Gasteiger partial charge in [-0.25, -0.2) is 4.98 Å². The number of carboxylic acid groups (broad SMARTS) is 1. The van der Waals surface area contributed by atoms with Gasteiger partial charge in [0, 0.05) is 25.0 Å². The van der Waals surface area contributed by atoms with Gasteiger partial charge in [0.05, 0.1) is 5.92 Å². The molecule has 1 heterocycles. The molecule has 1 unspecified atom stereocenters. The van der Waals surface area contributed by atoms with Gasteiger partial charge in [-0.15, -0.1) is 0 Å². The van der Waals surface area contributed by atoms with Crippen LogP contribution in [0.1, 0.15) is 12.5 Å². The standard InChI is InChI=1S/C14H16N2O2/c1-10(14(17)18)9-11-3-5-12(6-4-11)13-15-7-8-16(13)2/h3-8,10H,9H2,1-2H3,(H,17,18). The predicted octanol–water partition coefficient (Wildman–Crippen LogP) is 2.35. The van der Waals surface area contributed by atoms with E-state index in [0.29, 0.717) is 6.42 Å². The molecule has 0 aliphatic rings. The minimum atomic E-state index is -0.761. The van der Waals surface area contributed by atoms with Crippen molar-refractivity contribution in [3.05, 3.63) is 42.2 Å². The average molecular weight is 244 g/mol. The Morgan fingerprint density at radius 2 is 2.06 bits per heavy atom. The largest absolute Gasteiger partial charge is 0.481 e. The molecule has 0 aliphatic heterocycles. The highest BCUT2D eigenvalue weighted by Gasteiger charge is 2.11. The van der Waals surface area contributed by atoms with Gasteiger partial charge in [0.2, 0.25) is 0 Å². The molecule has 1 aromatic heterocycles. The number of aryl methyl sites for hydroxylation is 1. The first-order valence-electron chi connectivity index (χ1n) is 5.87. The molecular formula is C14H16N2O2. The Balaban J connectivity index is 2.16. The molecular weight excluding hydrogens is 228 g/mol. The Kier molecular flexibility index (Phi) is 3.46. The molecule has 94 valence electrons. The number of rotatable bonds is 4. The highest BCUT2D eigenvalue weighted by molar-refractivity contribution is 5.70. The summed E-state index contributed by atoms with van der Waals surface area (Å²) in [6.45, 7) is 1.72. The van der Waals surface area contributed by atoms with E-state index in [1.54, 1.807) is 13.1 Å². The van der Waals surface area contributed by atoms with E-state index < -0.39 is 5.97 Å². The predicted molar refractivity (Wildman–Crippen MR) is 69.1 cm³/mol. The minimum absolute atomic E-state index is 0.357. The number of hydrogen-bond acceptors (Lipinski definition) is 2. The van der Waals surface area contributed by atoms with Gasteiger partial charge in [0.15, 0.2) is 0 Å².